The molecule has 5 nitrogen and oxygen atoms in total. The van der Waals surface area contributed by atoms with Gasteiger partial charge in [-0.2, -0.15) is 0 Å². The summed E-state index contributed by atoms with van der Waals surface area (Å²) in [7, 11) is 0. The van der Waals surface area contributed by atoms with Crippen molar-refractivity contribution in [2.24, 2.45) is 0 Å². The molecule has 0 aliphatic carbocycles. The molecule has 1 aliphatic heterocycles. The highest BCUT2D eigenvalue weighted by molar-refractivity contribution is 6.32. The molecule has 31 heavy (non-hydrogen) atoms. The molecule has 0 atom stereocenters. The summed E-state index contributed by atoms with van der Waals surface area (Å²) in [6, 6.07) is 17.3. The van der Waals surface area contributed by atoms with Gasteiger partial charge in [-0.25, -0.2) is 0 Å². The number of nitrogens with one attached hydrogen (secondary N) is 1. The third-order valence-corrected chi connectivity index (χ3v) is 5.29. The second-order valence-electron chi connectivity index (χ2n) is 7.04. The molecular formula is C24H23Cl2NO4. The van der Waals surface area contributed by atoms with E-state index in [1.54, 1.807) is 0 Å². The highest BCUT2D eigenvalue weighted by Crippen LogP contribution is 2.37. The van der Waals surface area contributed by atoms with Gasteiger partial charge >= 0.3 is 0 Å². The van der Waals surface area contributed by atoms with Crippen molar-refractivity contribution in [3.05, 3.63) is 81.3 Å². The van der Waals surface area contributed by atoms with Gasteiger partial charge in [0.05, 0.1) is 11.6 Å². The lowest BCUT2D eigenvalue weighted by molar-refractivity contribution is 0.174. The Labute approximate surface area is 191 Å². The summed E-state index contributed by atoms with van der Waals surface area (Å²) in [5.41, 5.74) is 3.12. The van der Waals surface area contributed by atoms with Crippen LogP contribution < -0.4 is 24.3 Å². The first kappa shape index (κ1) is 21.6. The van der Waals surface area contributed by atoms with E-state index in [-0.39, 0.29) is 6.79 Å². The summed E-state index contributed by atoms with van der Waals surface area (Å²) in [5, 5.41) is 4.63. The normalized spacial score (nSPS) is 12.1. The molecule has 1 aliphatic rings. The van der Waals surface area contributed by atoms with Crippen molar-refractivity contribution in [3.8, 4) is 23.0 Å². The van der Waals surface area contributed by atoms with Crippen LogP contribution in [0.4, 0.5) is 0 Å². The highest BCUT2D eigenvalue weighted by atomic mass is 35.5. The van der Waals surface area contributed by atoms with Crippen molar-refractivity contribution in [2.45, 2.75) is 26.6 Å². The minimum absolute atomic E-state index is 0.275. The van der Waals surface area contributed by atoms with Crippen LogP contribution in [-0.2, 0) is 19.7 Å². The molecule has 0 radical (unpaired) electrons. The van der Waals surface area contributed by atoms with E-state index in [0.29, 0.717) is 47.8 Å². The molecule has 0 fully saturated rings. The number of hydrogen-bond acceptors (Lipinski definition) is 5. The summed E-state index contributed by atoms with van der Waals surface area (Å²) >= 11 is 12.5. The smallest absolute Gasteiger partial charge is 0.231 e. The van der Waals surface area contributed by atoms with Crippen LogP contribution in [0.3, 0.4) is 0 Å². The van der Waals surface area contributed by atoms with Crippen molar-refractivity contribution in [1.29, 1.82) is 0 Å². The van der Waals surface area contributed by atoms with Crippen LogP contribution in [-0.4, -0.2) is 13.4 Å². The fraction of sp³-hybridized carbons (Fsp3) is 0.250. The lowest BCUT2D eigenvalue weighted by Gasteiger charge is -2.16. The Hall–Kier alpha value is -2.60. The average Bonchev–Trinajstić information content (AvgIpc) is 3.23. The van der Waals surface area contributed by atoms with Gasteiger partial charge in [-0.15, -0.1) is 0 Å². The van der Waals surface area contributed by atoms with Crippen LogP contribution in [0.5, 0.6) is 23.0 Å². The van der Waals surface area contributed by atoms with Crippen LogP contribution in [0, 0.1) is 0 Å². The van der Waals surface area contributed by atoms with Gasteiger partial charge in [0, 0.05) is 18.1 Å². The third kappa shape index (κ3) is 5.56. The second-order valence-corrected chi connectivity index (χ2v) is 7.89. The van der Waals surface area contributed by atoms with E-state index in [1.807, 2.05) is 61.5 Å². The molecule has 0 saturated heterocycles. The fourth-order valence-corrected chi connectivity index (χ4v) is 3.68. The first-order chi connectivity index (χ1) is 15.1. The second kappa shape index (κ2) is 10.1. The number of fused-ring (bicyclic) bond motifs is 1. The Morgan fingerprint density at radius 3 is 2.39 bits per heavy atom. The van der Waals surface area contributed by atoms with Crippen molar-refractivity contribution in [3.63, 3.8) is 0 Å². The van der Waals surface area contributed by atoms with Gasteiger partial charge in [-0.1, -0.05) is 41.4 Å². The van der Waals surface area contributed by atoms with Gasteiger partial charge < -0.3 is 24.3 Å². The maximum Gasteiger partial charge on any atom is 0.231 e. The zero-order valence-corrected chi connectivity index (χ0v) is 18.6. The first-order valence-corrected chi connectivity index (χ1v) is 10.8. The van der Waals surface area contributed by atoms with Crippen LogP contribution >= 0.6 is 23.2 Å². The molecule has 4 rings (SSSR count). The molecule has 1 N–H and O–H groups in total. The monoisotopic (exact) mass is 459 g/mol. The summed E-state index contributed by atoms with van der Waals surface area (Å²) in [5.74, 6) is 2.73. The minimum atomic E-state index is 0.275. The topological polar surface area (TPSA) is 49.0 Å². The molecule has 0 amide bonds. The average molecular weight is 460 g/mol. The lowest BCUT2D eigenvalue weighted by atomic mass is 10.1. The minimum Gasteiger partial charge on any atom is -0.490 e. The van der Waals surface area contributed by atoms with E-state index in [2.05, 4.69) is 5.32 Å². The molecule has 0 bridgehead atoms. The molecule has 0 spiro atoms. The van der Waals surface area contributed by atoms with Crippen molar-refractivity contribution in [1.82, 2.24) is 5.32 Å². The molecular weight excluding hydrogens is 437 g/mol. The van der Waals surface area contributed by atoms with Crippen LogP contribution in [0.2, 0.25) is 10.0 Å². The quantitative estimate of drug-likeness (QED) is 0.425. The molecule has 3 aromatic rings. The van der Waals surface area contributed by atoms with Gasteiger partial charge in [0.25, 0.3) is 0 Å². The third-order valence-electron chi connectivity index (χ3n) is 4.76. The van der Waals surface area contributed by atoms with Gasteiger partial charge in [0.15, 0.2) is 23.0 Å². The Morgan fingerprint density at radius 1 is 0.839 bits per heavy atom. The Balaban J connectivity index is 1.40. The number of ether oxygens (including phenoxy) is 4. The van der Waals surface area contributed by atoms with Gasteiger partial charge in [0.1, 0.15) is 6.61 Å². The van der Waals surface area contributed by atoms with E-state index in [4.69, 9.17) is 42.1 Å². The maximum atomic E-state index is 6.54. The van der Waals surface area contributed by atoms with E-state index in [0.717, 1.165) is 28.2 Å². The van der Waals surface area contributed by atoms with Crippen LogP contribution in [0.1, 0.15) is 23.6 Å². The summed E-state index contributed by atoms with van der Waals surface area (Å²) in [6.07, 6.45) is 0. The Morgan fingerprint density at radius 2 is 1.58 bits per heavy atom. The largest absolute Gasteiger partial charge is 0.490 e. The zero-order chi connectivity index (χ0) is 21.6. The number of benzene rings is 3. The van der Waals surface area contributed by atoms with E-state index >= 15 is 0 Å². The SMILES string of the molecule is CCOc1cc(CNCc2ccc3c(c2)OCO3)cc(Cl)c1OCc1ccc(Cl)cc1. The number of rotatable bonds is 9. The molecule has 0 unspecified atom stereocenters. The number of halogens is 2. The van der Waals surface area contributed by atoms with Gasteiger partial charge in [-0.3, -0.25) is 0 Å². The van der Waals surface area contributed by atoms with Gasteiger partial charge in [-0.05, 0) is 60.0 Å². The van der Waals surface area contributed by atoms with Crippen molar-refractivity contribution >= 4 is 23.2 Å². The first-order valence-electron chi connectivity index (χ1n) is 10.0. The van der Waals surface area contributed by atoms with Crippen LogP contribution in [0.25, 0.3) is 0 Å². The predicted molar refractivity (Wildman–Crippen MR) is 122 cm³/mol. The Kier molecular flexibility index (Phi) is 7.07. The summed E-state index contributed by atoms with van der Waals surface area (Å²) in [4.78, 5) is 0. The van der Waals surface area contributed by atoms with E-state index in [9.17, 15) is 0 Å². The van der Waals surface area contributed by atoms with Crippen LogP contribution in [0.15, 0.2) is 54.6 Å². The molecule has 7 heteroatoms. The predicted octanol–water partition coefficient (Wildman–Crippen LogP) is 5.99. The van der Waals surface area contributed by atoms with Gasteiger partial charge in [0.2, 0.25) is 6.79 Å². The summed E-state index contributed by atoms with van der Waals surface area (Å²) in [6.45, 7) is 4.41. The molecule has 162 valence electrons. The number of hydrogen-bond donors (Lipinski definition) is 1. The van der Waals surface area contributed by atoms with Crippen molar-refractivity contribution < 1.29 is 18.9 Å². The molecule has 1 heterocycles. The molecule has 0 saturated carbocycles. The van der Waals surface area contributed by atoms with Crippen molar-refractivity contribution in [2.75, 3.05) is 13.4 Å². The zero-order valence-electron chi connectivity index (χ0n) is 17.1. The molecule has 0 aromatic heterocycles. The Bertz CT molecular complexity index is 1040. The maximum absolute atomic E-state index is 6.54. The van der Waals surface area contributed by atoms with E-state index in [1.165, 1.54) is 0 Å². The standard InChI is InChI=1S/C24H23Cl2NO4/c1-2-28-23-11-18(13-27-12-17-5-8-21-22(10-17)31-15-30-21)9-20(26)24(23)29-14-16-3-6-19(25)7-4-16/h3-11,27H,2,12-15H2,1H3. The molecule has 3 aromatic carbocycles. The highest BCUT2D eigenvalue weighted by Gasteiger charge is 2.15. The summed E-state index contributed by atoms with van der Waals surface area (Å²) < 4.78 is 22.5. The van der Waals surface area contributed by atoms with E-state index < -0.39 is 0 Å². The fourth-order valence-electron chi connectivity index (χ4n) is 3.26. The lowest BCUT2D eigenvalue weighted by Crippen LogP contribution is -2.13.